The first-order valence-corrected chi connectivity index (χ1v) is 7.95. The van der Waals surface area contributed by atoms with Crippen LogP contribution in [0.4, 0.5) is 5.69 Å². The zero-order valence-corrected chi connectivity index (χ0v) is 12.7. The van der Waals surface area contributed by atoms with Gasteiger partial charge in [-0.15, -0.1) is 0 Å². The number of ether oxygens (including phenoxy) is 1. The van der Waals surface area contributed by atoms with Crippen molar-refractivity contribution in [3.63, 3.8) is 0 Å². The molecule has 0 aliphatic rings. The fourth-order valence-electron chi connectivity index (χ4n) is 1.97. The summed E-state index contributed by atoms with van der Waals surface area (Å²) in [4.78, 5) is 0.129. The second-order valence-electron chi connectivity index (χ2n) is 4.45. The first-order valence-electron chi connectivity index (χ1n) is 6.47. The van der Waals surface area contributed by atoms with Gasteiger partial charge in [0.25, 0.3) is 10.0 Å². The number of hydrogen-bond donors (Lipinski definition) is 2. The third-order valence-corrected chi connectivity index (χ3v) is 4.46. The molecule has 2 aromatic rings. The smallest absolute Gasteiger partial charge is 0.263 e. The number of aromatic nitrogens is 1. The molecule has 0 saturated carbocycles. The quantitative estimate of drug-likeness (QED) is 0.852. The van der Waals surface area contributed by atoms with E-state index >= 15 is 0 Å². The average molecular weight is 310 g/mol. The molecule has 0 spiro atoms. The molecule has 6 nitrogen and oxygen atoms in total. The van der Waals surface area contributed by atoms with E-state index in [9.17, 15) is 13.5 Å². The predicted octanol–water partition coefficient (Wildman–Crippen LogP) is 1.81. The van der Waals surface area contributed by atoms with Crippen molar-refractivity contribution in [1.29, 1.82) is 0 Å². The number of benzene rings is 1. The molecule has 0 saturated heterocycles. The summed E-state index contributed by atoms with van der Waals surface area (Å²) < 4.78 is 33.8. The Kier molecular flexibility index (Phi) is 4.54. The third kappa shape index (κ3) is 3.37. The Morgan fingerprint density at radius 1 is 1.29 bits per heavy atom. The topological polar surface area (TPSA) is 80.6 Å². The molecule has 0 aliphatic heterocycles. The molecule has 0 radical (unpaired) electrons. The van der Waals surface area contributed by atoms with Gasteiger partial charge in [-0.3, -0.25) is 4.72 Å². The van der Waals surface area contributed by atoms with E-state index in [1.165, 1.54) is 12.3 Å². The van der Waals surface area contributed by atoms with Crippen LogP contribution in [0.3, 0.4) is 0 Å². The van der Waals surface area contributed by atoms with Gasteiger partial charge in [-0.25, -0.2) is 8.42 Å². The van der Waals surface area contributed by atoms with Gasteiger partial charge in [0.1, 0.15) is 10.6 Å². The molecule has 0 bridgehead atoms. The Hall–Kier alpha value is -1.99. The van der Waals surface area contributed by atoms with Gasteiger partial charge < -0.3 is 14.4 Å². The SMILES string of the molecule is CCn1cc(S(=O)(=O)Nc2ccc(OC)cc2)cc1CO. The van der Waals surface area contributed by atoms with Gasteiger partial charge in [0, 0.05) is 24.1 Å². The van der Waals surface area contributed by atoms with Gasteiger partial charge in [-0.1, -0.05) is 0 Å². The summed E-state index contributed by atoms with van der Waals surface area (Å²) in [6, 6.07) is 8.07. The minimum atomic E-state index is -3.68. The van der Waals surface area contributed by atoms with Gasteiger partial charge >= 0.3 is 0 Å². The first-order chi connectivity index (χ1) is 10.00. The van der Waals surface area contributed by atoms with Crippen molar-refractivity contribution in [3.05, 3.63) is 42.2 Å². The Labute approximate surface area is 124 Å². The molecule has 2 rings (SSSR count). The lowest BCUT2D eigenvalue weighted by Crippen LogP contribution is -2.12. The Morgan fingerprint density at radius 3 is 2.43 bits per heavy atom. The zero-order valence-electron chi connectivity index (χ0n) is 11.9. The monoisotopic (exact) mass is 310 g/mol. The van der Waals surface area contributed by atoms with Crippen LogP contribution < -0.4 is 9.46 Å². The number of aliphatic hydroxyl groups is 1. The zero-order chi connectivity index (χ0) is 15.5. The lowest BCUT2D eigenvalue weighted by Gasteiger charge is -2.07. The summed E-state index contributed by atoms with van der Waals surface area (Å²) in [7, 11) is -2.13. The fourth-order valence-corrected chi connectivity index (χ4v) is 3.09. The Morgan fingerprint density at radius 2 is 1.95 bits per heavy atom. The fraction of sp³-hybridized carbons (Fsp3) is 0.286. The average Bonchev–Trinajstić information content (AvgIpc) is 2.92. The minimum Gasteiger partial charge on any atom is -0.497 e. The van der Waals surface area contributed by atoms with Crippen LogP contribution >= 0.6 is 0 Å². The second-order valence-corrected chi connectivity index (χ2v) is 6.13. The van der Waals surface area contributed by atoms with Crippen molar-refractivity contribution >= 4 is 15.7 Å². The van der Waals surface area contributed by atoms with Crippen LogP contribution in [0.15, 0.2) is 41.4 Å². The highest BCUT2D eigenvalue weighted by Gasteiger charge is 2.18. The Bertz CT molecular complexity index is 684. The van der Waals surface area contributed by atoms with Crippen LogP contribution in [0.25, 0.3) is 0 Å². The highest BCUT2D eigenvalue weighted by atomic mass is 32.2. The predicted molar refractivity (Wildman–Crippen MR) is 79.8 cm³/mol. The van der Waals surface area contributed by atoms with E-state index in [-0.39, 0.29) is 11.5 Å². The largest absolute Gasteiger partial charge is 0.497 e. The molecule has 1 aromatic carbocycles. The number of methoxy groups -OCH3 is 1. The molecule has 2 N–H and O–H groups in total. The van der Waals surface area contributed by atoms with Crippen LogP contribution in [0.5, 0.6) is 5.75 Å². The maximum Gasteiger partial charge on any atom is 0.263 e. The molecule has 0 atom stereocenters. The number of sulfonamides is 1. The lowest BCUT2D eigenvalue weighted by molar-refractivity contribution is 0.271. The summed E-state index contributed by atoms with van der Waals surface area (Å²) in [5.74, 6) is 0.651. The number of hydrogen-bond acceptors (Lipinski definition) is 4. The lowest BCUT2D eigenvalue weighted by atomic mass is 10.3. The molecular weight excluding hydrogens is 292 g/mol. The molecule has 21 heavy (non-hydrogen) atoms. The van der Waals surface area contributed by atoms with E-state index in [2.05, 4.69) is 4.72 Å². The highest BCUT2D eigenvalue weighted by molar-refractivity contribution is 7.92. The molecule has 1 heterocycles. The first kappa shape index (κ1) is 15.4. The number of nitrogens with zero attached hydrogens (tertiary/aromatic N) is 1. The molecule has 0 amide bonds. The molecule has 0 unspecified atom stereocenters. The summed E-state index contributed by atoms with van der Waals surface area (Å²) >= 11 is 0. The van der Waals surface area contributed by atoms with Gasteiger partial charge in [-0.2, -0.15) is 0 Å². The van der Waals surface area contributed by atoms with E-state index in [1.54, 1.807) is 35.9 Å². The van der Waals surface area contributed by atoms with E-state index in [0.29, 0.717) is 23.7 Å². The van der Waals surface area contributed by atoms with Gasteiger partial charge in [0.05, 0.1) is 13.7 Å². The van der Waals surface area contributed by atoms with Crippen LogP contribution in [-0.2, 0) is 23.2 Å². The summed E-state index contributed by atoms with van der Waals surface area (Å²) in [5, 5.41) is 9.23. The van der Waals surface area contributed by atoms with Gasteiger partial charge in [-0.05, 0) is 37.3 Å². The number of rotatable bonds is 6. The van der Waals surface area contributed by atoms with Crippen LogP contribution in [-0.4, -0.2) is 25.2 Å². The molecule has 0 aliphatic carbocycles. The summed E-state index contributed by atoms with van der Waals surface area (Å²) in [5.41, 5.74) is 1.01. The van der Waals surface area contributed by atoms with Crippen molar-refractivity contribution in [2.24, 2.45) is 0 Å². The molecule has 114 valence electrons. The van der Waals surface area contributed by atoms with Crippen LogP contribution in [0.2, 0.25) is 0 Å². The maximum absolute atomic E-state index is 12.3. The molecule has 1 aromatic heterocycles. The number of aliphatic hydroxyl groups excluding tert-OH is 1. The van der Waals surface area contributed by atoms with Crippen molar-refractivity contribution < 1.29 is 18.3 Å². The molecule has 0 fully saturated rings. The highest BCUT2D eigenvalue weighted by Crippen LogP contribution is 2.21. The second kappa shape index (κ2) is 6.19. The maximum atomic E-state index is 12.3. The summed E-state index contributed by atoms with van der Waals surface area (Å²) in [6.45, 7) is 2.27. The van der Waals surface area contributed by atoms with E-state index in [0.717, 1.165) is 0 Å². The number of anilines is 1. The van der Waals surface area contributed by atoms with Gasteiger partial charge in [0.2, 0.25) is 0 Å². The molecule has 7 heteroatoms. The van der Waals surface area contributed by atoms with Crippen LogP contribution in [0, 0.1) is 0 Å². The standard InChI is InChI=1S/C14H18N2O4S/c1-3-16-9-14(8-12(16)10-17)21(18,19)15-11-4-6-13(20-2)7-5-11/h4-9,15,17H,3,10H2,1-2H3. The number of aryl methyl sites for hydroxylation is 1. The third-order valence-electron chi connectivity index (χ3n) is 3.12. The van der Waals surface area contributed by atoms with Gasteiger partial charge in [0.15, 0.2) is 0 Å². The molecular formula is C14H18N2O4S. The van der Waals surface area contributed by atoms with Crippen molar-refractivity contribution in [2.75, 3.05) is 11.8 Å². The van der Waals surface area contributed by atoms with Crippen molar-refractivity contribution in [2.45, 2.75) is 25.0 Å². The van der Waals surface area contributed by atoms with Crippen molar-refractivity contribution in [3.8, 4) is 5.75 Å². The Balaban J connectivity index is 2.26. The van der Waals surface area contributed by atoms with E-state index in [4.69, 9.17) is 4.74 Å². The minimum absolute atomic E-state index is 0.129. The normalized spacial score (nSPS) is 11.4. The summed E-state index contributed by atoms with van der Waals surface area (Å²) in [6.07, 6.45) is 1.51. The van der Waals surface area contributed by atoms with Crippen LogP contribution in [0.1, 0.15) is 12.6 Å². The van der Waals surface area contributed by atoms with Crippen molar-refractivity contribution in [1.82, 2.24) is 4.57 Å². The number of nitrogens with one attached hydrogen (secondary N) is 1. The van der Waals surface area contributed by atoms with E-state index < -0.39 is 10.0 Å². The van der Waals surface area contributed by atoms with E-state index in [1.807, 2.05) is 6.92 Å².